The lowest BCUT2D eigenvalue weighted by molar-refractivity contribution is -0.138. The maximum atomic E-state index is 13.8. The first-order valence-corrected chi connectivity index (χ1v) is 21.1. The normalized spacial score (nSPS) is 26.4. The van der Waals surface area contributed by atoms with E-state index in [-0.39, 0.29) is 65.7 Å². The summed E-state index contributed by atoms with van der Waals surface area (Å²) in [6.45, 7) is 8.62. The molecule has 60 heavy (non-hydrogen) atoms. The predicted octanol–water partition coefficient (Wildman–Crippen LogP) is 6.54. The molecular weight excluding hydrogens is 798 g/mol. The van der Waals surface area contributed by atoms with Gasteiger partial charge >= 0.3 is 6.18 Å². The Labute approximate surface area is 352 Å². The third kappa shape index (κ3) is 8.38. The van der Waals surface area contributed by atoms with Crippen molar-refractivity contribution in [2.75, 3.05) is 23.4 Å². The number of nitrogens with one attached hydrogen (secondary N) is 2. The van der Waals surface area contributed by atoms with Crippen LogP contribution in [0.5, 0.6) is 0 Å². The number of rotatable bonds is 10. The number of imide groups is 1. The SMILES string of the molecule is C[C@@H]1CC(CCOC2CCC(N3C(=S)N(c4ccc(C#N)c(C(F)(F)F)c4)C(=O)C3(C)C)CC2)C[C@H](C)N1CC(=O)Nc1cccc2c(C3CCC(=O)NC3=O)nn(C)c12. The Morgan fingerprint density at radius 3 is 2.42 bits per heavy atom. The van der Waals surface area contributed by atoms with Gasteiger partial charge in [-0.1, -0.05) is 12.1 Å². The monoisotopic (exact) mass is 848 g/mol. The van der Waals surface area contributed by atoms with Crippen LogP contribution in [0.3, 0.4) is 0 Å². The van der Waals surface area contributed by atoms with E-state index in [4.69, 9.17) is 17.0 Å². The van der Waals surface area contributed by atoms with E-state index in [1.54, 1.807) is 31.6 Å². The Morgan fingerprint density at radius 1 is 1.07 bits per heavy atom. The van der Waals surface area contributed by atoms with Gasteiger partial charge in [-0.15, -0.1) is 0 Å². The van der Waals surface area contributed by atoms with Crippen molar-refractivity contribution in [1.82, 2.24) is 24.9 Å². The van der Waals surface area contributed by atoms with E-state index in [9.17, 15) is 37.6 Å². The fourth-order valence-electron chi connectivity index (χ4n) is 9.87. The van der Waals surface area contributed by atoms with Crippen LogP contribution < -0.4 is 15.5 Å². The number of fused-ring (bicyclic) bond motifs is 1. The van der Waals surface area contributed by atoms with E-state index in [1.165, 1.54) is 11.0 Å². The molecule has 1 saturated carbocycles. The summed E-state index contributed by atoms with van der Waals surface area (Å²) >= 11 is 5.75. The van der Waals surface area contributed by atoms with Crippen molar-refractivity contribution in [2.45, 2.75) is 127 Å². The summed E-state index contributed by atoms with van der Waals surface area (Å²) in [4.78, 5) is 56.8. The van der Waals surface area contributed by atoms with Crippen molar-refractivity contribution in [1.29, 1.82) is 5.26 Å². The first-order chi connectivity index (χ1) is 28.4. The van der Waals surface area contributed by atoms with E-state index >= 15 is 0 Å². The Balaban J connectivity index is 0.884. The molecule has 3 aliphatic heterocycles. The lowest BCUT2D eigenvalue weighted by atomic mass is 9.85. The summed E-state index contributed by atoms with van der Waals surface area (Å²) in [5.41, 5.74) is -0.784. The van der Waals surface area contributed by atoms with Gasteiger partial charge in [0.25, 0.3) is 5.91 Å². The summed E-state index contributed by atoms with van der Waals surface area (Å²) in [6.07, 6.45) is 1.60. The number of nitrogens with zero attached hydrogens (tertiary/aromatic N) is 6. The van der Waals surface area contributed by atoms with Crippen LogP contribution in [-0.2, 0) is 37.1 Å². The van der Waals surface area contributed by atoms with Gasteiger partial charge in [-0.05, 0) is 121 Å². The predicted molar refractivity (Wildman–Crippen MR) is 222 cm³/mol. The average Bonchev–Trinajstić information content (AvgIpc) is 3.61. The second-order valence-electron chi connectivity index (χ2n) is 17.3. The Kier molecular flexibility index (Phi) is 12.1. The third-order valence-electron chi connectivity index (χ3n) is 12.8. The maximum Gasteiger partial charge on any atom is 0.417 e. The molecule has 7 rings (SSSR count). The number of carbonyl (C=O) groups is 4. The number of para-hydroxylation sites is 1. The van der Waals surface area contributed by atoms with Gasteiger partial charge in [-0.25, -0.2) is 0 Å². The topological polar surface area (TPSA) is 153 Å². The number of hydrogen-bond acceptors (Lipinski definition) is 9. The van der Waals surface area contributed by atoms with Crippen LogP contribution in [0.15, 0.2) is 36.4 Å². The van der Waals surface area contributed by atoms with E-state index in [1.807, 2.05) is 23.1 Å². The number of hydrogen-bond donors (Lipinski definition) is 2. The van der Waals surface area contributed by atoms with E-state index in [0.717, 1.165) is 55.1 Å². The molecule has 1 aromatic heterocycles. The summed E-state index contributed by atoms with van der Waals surface area (Å²) in [5.74, 6) is -1.30. The van der Waals surface area contributed by atoms with Gasteiger partial charge in [-0.2, -0.15) is 23.5 Å². The van der Waals surface area contributed by atoms with Crippen molar-refractivity contribution in [3.05, 3.63) is 53.2 Å². The molecule has 3 aromatic rings. The van der Waals surface area contributed by atoms with E-state index in [2.05, 4.69) is 34.5 Å². The van der Waals surface area contributed by atoms with E-state index in [0.29, 0.717) is 43.2 Å². The van der Waals surface area contributed by atoms with Crippen LogP contribution in [-0.4, -0.2) is 91.2 Å². The smallest absolute Gasteiger partial charge is 0.378 e. The molecule has 13 nitrogen and oxygen atoms in total. The minimum atomic E-state index is -4.76. The molecule has 4 amide bonds. The lowest BCUT2D eigenvalue weighted by Gasteiger charge is -2.42. The molecule has 4 aliphatic rings. The van der Waals surface area contributed by atoms with Crippen LogP contribution in [0.4, 0.5) is 24.5 Å². The number of nitriles is 1. The number of benzene rings is 2. The molecule has 320 valence electrons. The Morgan fingerprint density at radius 2 is 1.77 bits per heavy atom. The largest absolute Gasteiger partial charge is 0.417 e. The number of thiocarbonyl (C=S) groups is 1. The Bertz CT molecular complexity index is 2230. The van der Waals surface area contributed by atoms with Gasteiger partial charge in [0.2, 0.25) is 17.7 Å². The highest BCUT2D eigenvalue weighted by molar-refractivity contribution is 7.80. The average molecular weight is 849 g/mol. The van der Waals surface area contributed by atoms with E-state index < -0.39 is 34.7 Å². The number of halogens is 3. The first kappa shape index (κ1) is 43.2. The highest BCUT2D eigenvalue weighted by Gasteiger charge is 2.53. The second kappa shape index (κ2) is 16.9. The summed E-state index contributed by atoms with van der Waals surface area (Å²) in [7, 11) is 1.78. The standard InChI is InChI=1S/C43H51F3N8O5S/c1-24-19-26(20-25(2)52(24)23-36(56)48-34-8-6-7-31-37(50-51(5)38(31)34)32-15-16-35(55)49-39(32)57)17-18-59-30-13-11-28(12-14-30)54-41(60)53(40(58)42(54,3)4)29-10-9-27(22-47)33(21-29)43(44,45)46/h6-10,21,24-26,28,30,32H,11-20,23H2,1-5H3,(H,48,56)(H,49,55,57)/t24-,25+,26?,28?,30?,32?. The fraction of sp³-hybridized carbons (Fsp3) is 0.558. The lowest BCUT2D eigenvalue weighted by Crippen LogP contribution is -2.51. The summed E-state index contributed by atoms with van der Waals surface area (Å²) in [5, 5.41) is 20.3. The highest BCUT2D eigenvalue weighted by atomic mass is 32.1. The zero-order valence-corrected chi connectivity index (χ0v) is 35.3. The molecular formula is C43H51F3N8O5S. The maximum absolute atomic E-state index is 13.8. The summed E-state index contributed by atoms with van der Waals surface area (Å²) in [6, 6.07) is 10.6. The van der Waals surface area contributed by atoms with Gasteiger partial charge in [0.1, 0.15) is 5.54 Å². The zero-order chi connectivity index (χ0) is 43.3. The van der Waals surface area contributed by atoms with Crippen molar-refractivity contribution < 1.29 is 37.1 Å². The first-order valence-electron chi connectivity index (χ1n) is 20.6. The molecule has 4 heterocycles. The molecule has 4 atom stereocenters. The van der Waals surface area contributed by atoms with Crippen LogP contribution in [0, 0.1) is 17.2 Å². The number of likely N-dealkylation sites (tertiary alicyclic amines) is 1. The number of alkyl halides is 3. The number of carbonyl (C=O) groups excluding carboxylic acids is 4. The molecule has 0 bridgehead atoms. The van der Waals surface area contributed by atoms with Crippen LogP contribution in [0.1, 0.15) is 108 Å². The molecule has 4 fully saturated rings. The van der Waals surface area contributed by atoms with Gasteiger partial charge < -0.3 is 15.0 Å². The van der Waals surface area contributed by atoms with Crippen molar-refractivity contribution >= 4 is 63.2 Å². The fourth-order valence-corrected chi connectivity index (χ4v) is 10.4. The number of piperidine rings is 2. The van der Waals surface area contributed by atoms with Crippen molar-refractivity contribution in [3.63, 3.8) is 0 Å². The molecule has 2 aromatic carbocycles. The second-order valence-corrected chi connectivity index (χ2v) is 17.6. The number of aromatic nitrogens is 2. The molecule has 2 unspecified atom stereocenters. The quantitative estimate of drug-likeness (QED) is 0.170. The van der Waals surface area contributed by atoms with Crippen LogP contribution in [0.25, 0.3) is 10.9 Å². The molecule has 3 saturated heterocycles. The zero-order valence-electron chi connectivity index (χ0n) is 34.5. The highest BCUT2D eigenvalue weighted by Crippen LogP contribution is 2.41. The molecule has 17 heteroatoms. The third-order valence-corrected chi connectivity index (χ3v) is 13.2. The molecule has 1 aliphatic carbocycles. The van der Waals surface area contributed by atoms with Crippen LogP contribution in [0.2, 0.25) is 0 Å². The molecule has 2 N–H and O–H groups in total. The van der Waals surface area contributed by atoms with Gasteiger partial charge in [0, 0.05) is 43.6 Å². The number of aryl methyl sites for hydroxylation is 1. The minimum absolute atomic E-state index is 0.0104. The molecule has 0 spiro atoms. The van der Waals surface area contributed by atoms with Gasteiger partial charge in [0.05, 0.1) is 58.3 Å². The van der Waals surface area contributed by atoms with Gasteiger partial charge in [0.15, 0.2) is 5.11 Å². The number of amides is 4. The number of anilines is 2. The van der Waals surface area contributed by atoms with Crippen LogP contribution >= 0.6 is 12.2 Å². The van der Waals surface area contributed by atoms with Crippen molar-refractivity contribution in [3.8, 4) is 6.07 Å². The van der Waals surface area contributed by atoms with Gasteiger partial charge in [-0.3, -0.25) is 39.0 Å². The minimum Gasteiger partial charge on any atom is -0.378 e. The number of ether oxygens (including phenoxy) is 1. The summed E-state index contributed by atoms with van der Waals surface area (Å²) < 4.78 is 49.4. The molecule has 0 radical (unpaired) electrons. The van der Waals surface area contributed by atoms with Crippen molar-refractivity contribution in [2.24, 2.45) is 13.0 Å². The Hall–Kier alpha value is -4.92.